The molecule has 0 spiro atoms. The average molecular weight is 166 g/mol. The minimum absolute atomic E-state index is 0. The summed E-state index contributed by atoms with van der Waals surface area (Å²) in [6.45, 7) is 0. The van der Waals surface area contributed by atoms with Gasteiger partial charge in [-0.1, -0.05) is 0 Å². The van der Waals surface area contributed by atoms with Gasteiger partial charge < -0.3 is 1.43 Å². The Morgan fingerprint density at radius 3 is 0.857 bits per heavy atom. The van der Waals surface area contributed by atoms with Crippen molar-refractivity contribution >= 4 is 32.4 Å². The molecule has 36 valence electrons. The second-order valence-corrected chi connectivity index (χ2v) is 0. The summed E-state index contributed by atoms with van der Waals surface area (Å²) >= 11 is 2.33. The van der Waals surface area contributed by atoms with Crippen molar-refractivity contribution in [2.24, 2.45) is 0 Å². The third-order valence-electron chi connectivity index (χ3n) is 0. The molecule has 0 aromatic carbocycles. The Hall–Kier alpha value is 2.16. The molecule has 0 rings (SSSR count). The van der Waals surface area contributed by atoms with Gasteiger partial charge in [-0.25, -0.2) is 0 Å². The summed E-state index contributed by atoms with van der Waals surface area (Å²) < 4.78 is 16.3. The Morgan fingerprint density at radius 1 is 0.857 bits per heavy atom. The van der Waals surface area contributed by atoms with Gasteiger partial charge in [0.25, 0.3) is 0 Å². The molecule has 7 heavy (non-hydrogen) atoms. The summed E-state index contributed by atoms with van der Waals surface area (Å²) in [5.74, 6) is 0. The van der Waals surface area contributed by atoms with Gasteiger partial charge in [0.15, 0.2) is 0 Å². The SMILES string of the molecule is F.F.[H-].[K+].[O]=[Al].[O]=[Al]. The van der Waals surface area contributed by atoms with Crippen LogP contribution in [0.3, 0.4) is 0 Å². The molecule has 0 saturated heterocycles. The predicted molar refractivity (Wildman–Crippen MR) is 19.0 cm³/mol. The molecule has 0 saturated carbocycles. The van der Waals surface area contributed by atoms with E-state index >= 15 is 0 Å². The van der Waals surface area contributed by atoms with Gasteiger partial charge in [-0.05, 0) is 0 Å². The average Bonchev–Trinajstić information content (AvgIpc) is 1.50. The molecule has 0 heterocycles. The fourth-order valence-corrected chi connectivity index (χ4v) is 0. The van der Waals surface area contributed by atoms with E-state index in [1.54, 1.807) is 0 Å². The van der Waals surface area contributed by atoms with Crippen molar-refractivity contribution in [3.8, 4) is 0 Å². The molecular weight excluding hydrogens is 163 g/mol. The maximum absolute atomic E-state index is 8.17. The fourth-order valence-electron chi connectivity index (χ4n) is 0. The molecular formula is H3Al2F2KO2. The maximum atomic E-state index is 8.17. The van der Waals surface area contributed by atoms with Crippen LogP contribution in [0.5, 0.6) is 0 Å². The summed E-state index contributed by atoms with van der Waals surface area (Å²) in [6.07, 6.45) is 0. The molecule has 0 bridgehead atoms. The van der Waals surface area contributed by atoms with E-state index in [4.69, 9.17) is 7.61 Å². The van der Waals surface area contributed by atoms with Crippen LogP contribution in [0.1, 0.15) is 1.43 Å². The predicted octanol–water partition coefficient (Wildman–Crippen LogP) is -3.58. The topological polar surface area (TPSA) is 34.1 Å². The molecule has 0 fully saturated rings. The van der Waals surface area contributed by atoms with Crippen LogP contribution in [0.25, 0.3) is 0 Å². The van der Waals surface area contributed by atoms with Crippen molar-refractivity contribution in [2.75, 3.05) is 0 Å². The summed E-state index contributed by atoms with van der Waals surface area (Å²) in [4.78, 5) is 0. The zero-order valence-electron chi connectivity index (χ0n) is 4.79. The molecule has 0 aromatic rings. The Bertz CT molecular complexity index is 20.0. The van der Waals surface area contributed by atoms with Crippen LogP contribution in [0.2, 0.25) is 0 Å². The minimum atomic E-state index is 0. The Morgan fingerprint density at radius 2 is 0.857 bits per heavy atom. The molecule has 0 amide bonds. The van der Waals surface area contributed by atoms with Gasteiger partial charge in [0, 0.05) is 0 Å². The van der Waals surface area contributed by atoms with E-state index in [2.05, 4.69) is 0 Å². The molecule has 0 aliphatic carbocycles. The summed E-state index contributed by atoms with van der Waals surface area (Å²) in [5, 5.41) is 0. The van der Waals surface area contributed by atoms with Crippen molar-refractivity contribution in [1.82, 2.24) is 0 Å². The van der Waals surface area contributed by atoms with Crippen molar-refractivity contribution in [3.63, 3.8) is 0 Å². The first-order chi connectivity index (χ1) is 2.00. The van der Waals surface area contributed by atoms with Gasteiger partial charge in [-0.3, -0.25) is 9.41 Å². The third-order valence-corrected chi connectivity index (χ3v) is 0. The number of hydrogen-bond donors (Lipinski definition) is 0. The Balaban J connectivity index is -0.00000000167. The first-order valence-electron chi connectivity index (χ1n) is 0.471. The van der Waals surface area contributed by atoms with Gasteiger partial charge >= 0.3 is 91.4 Å². The second-order valence-electron chi connectivity index (χ2n) is 0. The van der Waals surface area contributed by atoms with Crippen LogP contribution < -0.4 is 51.4 Å². The van der Waals surface area contributed by atoms with E-state index in [1.165, 1.54) is 32.4 Å². The number of rotatable bonds is 0. The van der Waals surface area contributed by atoms with Crippen molar-refractivity contribution in [3.05, 3.63) is 0 Å². The molecule has 0 aliphatic heterocycles. The summed E-state index contributed by atoms with van der Waals surface area (Å²) in [6, 6.07) is 0. The standard InChI is InChI=1S/2Al.2FH.K.2O.H/h;;2*1H;;;;/q;;;;+1;;;-1. The van der Waals surface area contributed by atoms with Gasteiger partial charge in [0.2, 0.25) is 0 Å². The zero-order valence-corrected chi connectivity index (χ0v) is 9.22. The van der Waals surface area contributed by atoms with Gasteiger partial charge in [-0.15, -0.1) is 0 Å². The first kappa shape index (κ1) is 35.2. The van der Waals surface area contributed by atoms with Crippen LogP contribution in [0.4, 0.5) is 9.41 Å². The van der Waals surface area contributed by atoms with E-state index in [-0.39, 0.29) is 62.2 Å². The van der Waals surface area contributed by atoms with Crippen molar-refractivity contribution < 1.29 is 69.8 Å². The van der Waals surface area contributed by atoms with Gasteiger partial charge in [-0.2, -0.15) is 0 Å². The molecule has 0 unspecified atom stereocenters. The number of halogens is 2. The van der Waals surface area contributed by atoms with Crippen LogP contribution in [-0.4, -0.2) is 32.4 Å². The van der Waals surface area contributed by atoms with Crippen molar-refractivity contribution in [2.45, 2.75) is 0 Å². The molecule has 2 nitrogen and oxygen atoms in total. The van der Waals surface area contributed by atoms with E-state index in [0.717, 1.165) is 0 Å². The molecule has 0 aromatic heterocycles. The van der Waals surface area contributed by atoms with E-state index in [0.29, 0.717) is 0 Å². The van der Waals surface area contributed by atoms with Crippen molar-refractivity contribution in [1.29, 1.82) is 0 Å². The molecule has 0 atom stereocenters. The van der Waals surface area contributed by atoms with Crippen LogP contribution in [0.15, 0.2) is 0 Å². The molecule has 0 N–H and O–H groups in total. The summed E-state index contributed by atoms with van der Waals surface area (Å²) in [5.41, 5.74) is 0. The van der Waals surface area contributed by atoms with E-state index in [1.807, 2.05) is 0 Å². The normalized spacial score (nSPS) is 0.857. The molecule has 7 heteroatoms. The number of hydrogen-bond acceptors (Lipinski definition) is 2. The van der Waals surface area contributed by atoms with Gasteiger partial charge in [0.1, 0.15) is 0 Å². The van der Waals surface area contributed by atoms with Crippen LogP contribution in [-0.2, 0) is 7.61 Å². The zero-order chi connectivity index (χ0) is 4.00. The summed E-state index contributed by atoms with van der Waals surface area (Å²) in [7, 11) is 0. The Labute approximate surface area is 100 Å². The van der Waals surface area contributed by atoms with Crippen LogP contribution in [0, 0.1) is 0 Å². The monoisotopic (exact) mass is 166 g/mol. The van der Waals surface area contributed by atoms with E-state index in [9.17, 15) is 0 Å². The quantitative estimate of drug-likeness (QED) is 0.349. The van der Waals surface area contributed by atoms with Crippen LogP contribution >= 0.6 is 0 Å². The second kappa shape index (κ2) is 89.6. The molecule has 2 radical (unpaired) electrons. The van der Waals surface area contributed by atoms with E-state index < -0.39 is 0 Å². The molecule has 0 aliphatic rings. The fraction of sp³-hybridized carbons (Fsp3) is 0. The first-order valence-corrected chi connectivity index (χ1v) is 1.41. The van der Waals surface area contributed by atoms with Gasteiger partial charge in [0.05, 0.1) is 0 Å². The third kappa shape index (κ3) is 66.3. The Kier molecular flexibility index (Phi) is 451.